The lowest BCUT2D eigenvalue weighted by atomic mass is 9.96. The summed E-state index contributed by atoms with van der Waals surface area (Å²) in [5.41, 5.74) is 3.12. The van der Waals surface area contributed by atoms with Gasteiger partial charge in [-0.2, -0.15) is 0 Å². The standard InChI is InChI=1S/C24H33N5O4/c1-15-16(2)28-20-13-17(8-9-19(20)27-15)22(31)29-12-6-7-18(14-29)21(30)25-10-11-26-23(32)33-24(3,4)5/h8-9,13,18H,6-7,10-12,14H2,1-5H3,(H,25,30)(H,26,32). The highest BCUT2D eigenvalue weighted by molar-refractivity contribution is 5.97. The summed E-state index contributed by atoms with van der Waals surface area (Å²) in [6.45, 7) is 10.7. The van der Waals surface area contributed by atoms with Crippen LogP contribution in [0.2, 0.25) is 0 Å². The van der Waals surface area contributed by atoms with Gasteiger partial charge in [0, 0.05) is 31.7 Å². The molecule has 0 saturated carbocycles. The van der Waals surface area contributed by atoms with E-state index in [4.69, 9.17) is 4.74 Å². The second-order valence-corrected chi connectivity index (χ2v) is 9.41. The molecule has 1 aromatic carbocycles. The normalized spacial score (nSPS) is 16.4. The molecule has 9 heteroatoms. The number of hydrogen-bond donors (Lipinski definition) is 2. The third-order valence-electron chi connectivity index (χ3n) is 5.49. The maximum atomic E-state index is 13.1. The van der Waals surface area contributed by atoms with Gasteiger partial charge in [0.1, 0.15) is 5.60 Å². The zero-order valence-corrected chi connectivity index (χ0v) is 20.0. The van der Waals surface area contributed by atoms with Crippen LogP contribution in [0.5, 0.6) is 0 Å². The van der Waals surface area contributed by atoms with Gasteiger partial charge in [-0.3, -0.25) is 9.59 Å². The minimum absolute atomic E-state index is 0.110. The highest BCUT2D eigenvalue weighted by Gasteiger charge is 2.29. The molecule has 2 aromatic rings. The van der Waals surface area contributed by atoms with Crippen molar-refractivity contribution in [3.63, 3.8) is 0 Å². The van der Waals surface area contributed by atoms with Gasteiger partial charge in [0.05, 0.1) is 28.3 Å². The summed E-state index contributed by atoms with van der Waals surface area (Å²) >= 11 is 0. The van der Waals surface area contributed by atoms with Crippen molar-refractivity contribution < 1.29 is 19.1 Å². The number of carbonyl (C=O) groups is 3. The van der Waals surface area contributed by atoms with Crippen LogP contribution in [0, 0.1) is 19.8 Å². The Morgan fingerprint density at radius 2 is 1.73 bits per heavy atom. The number of ether oxygens (including phenoxy) is 1. The van der Waals surface area contributed by atoms with Gasteiger partial charge >= 0.3 is 6.09 Å². The van der Waals surface area contributed by atoms with Crippen LogP contribution >= 0.6 is 0 Å². The average Bonchev–Trinajstić information content (AvgIpc) is 2.75. The predicted octanol–water partition coefficient (Wildman–Crippen LogP) is 2.74. The number of likely N-dealkylation sites (tertiary alicyclic amines) is 1. The van der Waals surface area contributed by atoms with Crippen molar-refractivity contribution in [3.8, 4) is 0 Å². The summed E-state index contributed by atoms with van der Waals surface area (Å²) in [6.07, 6.45) is 0.958. The fourth-order valence-electron chi connectivity index (χ4n) is 3.73. The lowest BCUT2D eigenvalue weighted by molar-refractivity contribution is -0.126. The smallest absolute Gasteiger partial charge is 0.407 e. The SMILES string of the molecule is Cc1nc2ccc(C(=O)N3CCCC(C(=O)NCCNC(=O)OC(C)(C)C)C3)cc2nc1C. The molecule has 1 fully saturated rings. The molecule has 2 N–H and O–H groups in total. The molecule has 2 heterocycles. The van der Waals surface area contributed by atoms with Gasteiger partial charge in [-0.05, 0) is 65.7 Å². The molecule has 1 unspecified atom stereocenters. The van der Waals surface area contributed by atoms with E-state index in [-0.39, 0.29) is 24.3 Å². The number of amides is 3. The summed E-state index contributed by atoms with van der Waals surface area (Å²) in [5.74, 6) is -0.510. The van der Waals surface area contributed by atoms with Gasteiger partial charge in [0.25, 0.3) is 5.91 Å². The number of rotatable bonds is 5. The van der Waals surface area contributed by atoms with Gasteiger partial charge in [0.15, 0.2) is 0 Å². The van der Waals surface area contributed by atoms with Crippen molar-refractivity contribution in [1.29, 1.82) is 0 Å². The van der Waals surface area contributed by atoms with E-state index in [0.29, 0.717) is 30.7 Å². The van der Waals surface area contributed by atoms with Crippen molar-refractivity contribution in [3.05, 3.63) is 35.2 Å². The molecule has 9 nitrogen and oxygen atoms in total. The van der Waals surface area contributed by atoms with E-state index in [0.717, 1.165) is 29.7 Å². The highest BCUT2D eigenvalue weighted by Crippen LogP contribution is 2.21. The van der Waals surface area contributed by atoms with Crippen LogP contribution in [0.15, 0.2) is 18.2 Å². The number of aromatic nitrogens is 2. The fraction of sp³-hybridized carbons (Fsp3) is 0.542. The molecule has 1 aliphatic heterocycles. The second kappa shape index (κ2) is 10.1. The molecule has 1 aromatic heterocycles. The molecule has 3 rings (SSSR count). The number of nitrogens with zero attached hydrogens (tertiary/aromatic N) is 3. The molecule has 0 bridgehead atoms. The number of carbonyl (C=O) groups excluding carboxylic acids is 3. The molecular formula is C24H33N5O4. The summed E-state index contributed by atoms with van der Waals surface area (Å²) < 4.78 is 5.17. The molecule has 0 aliphatic carbocycles. The molecular weight excluding hydrogens is 422 g/mol. The zero-order chi connectivity index (χ0) is 24.2. The lowest BCUT2D eigenvalue weighted by Gasteiger charge is -2.32. The van der Waals surface area contributed by atoms with E-state index in [1.807, 2.05) is 19.9 Å². The quantitative estimate of drug-likeness (QED) is 0.670. The zero-order valence-electron chi connectivity index (χ0n) is 20.0. The molecule has 33 heavy (non-hydrogen) atoms. The number of aryl methyl sites for hydroxylation is 2. The lowest BCUT2D eigenvalue weighted by Crippen LogP contribution is -2.46. The molecule has 178 valence electrons. The van der Waals surface area contributed by atoms with E-state index in [9.17, 15) is 14.4 Å². The van der Waals surface area contributed by atoms with E-state index >= 15 is 0 Å². The Bertz CT molecular complexity index is 1050. The minimum Gasteiger partial charge on any atom is -0.444 e. The van der Waals surface area contributed by atoms with E-state index in [2.05, 4.69) is 20.6 Å². The predicted molar refractivity (Wildman–Crippen MR) is 125 cm³/mol. The Morgan fingerprint density at radius 1 is 1.06 bits per heavy atom. The molecule has 1 atom stereocenters. The van der Waals surface area contributed by atoms with Crippen LogP contribution in [0.1, 0.15) is 55.4 Å². The van der Waals surface area contributed by atoms with E-state index in [1.54, 1.807) is 37.8 Å². The van der Waals surface area contributed by atoms with Gasteiger partial charge in [-0.25, -0.2) is 14.8 Å². The topological polar surface area (TPSA) is 114 Å². The van der Waals surface area contributed by atoms with Crippen molar-refractivity contribution in [2.75, 3.05) is 26.2 Å². The first-order chi connectivity index (χ1) is 15.5. The Morgan fingerprint density at radius 3 is 2.42 bits per heavy atom. The molecule has 0 spiro atoms. The average molecular weight is 456 g/mol. The van der Waals surface area contributed by atoms with Crippen LogP contribution in [-0.2, 0) is 9.53 Å². The second-order valence-electron chi connectivity index (χ2n) is 9.41. The Balaban J connectivity index is 1.53. The Labute approximate surface area is 194 Å². The third-order valence-corrected chi connectivity index (χ3v) is 5.49. The van der Waals surface area contributed by atoms with Crippen molar-refractivity contribution >= 4 is 28.9 Å². The van der Waals surface area contributed by atoms with E-state index in [1.165, 1.54) is 0 Å². The van der Waals surface area contributed by atoms with Crippen LogP contribution in [0.4, 0.5) is 4.79 Å². The number of piperidine rings is 1. The van der Waals surface area contributed by atoms with Gasteiger partial charge in [-0.1, -0.05) is 0 Å². The fourth-order valence-corrected chi connectivity index (χ4v) is 3.73. The number of nitrogens with one attached hydrogen (secondary N) is 2. The van der Waals surface area contributed by atoms with Gasteiger partial charge in [0.2, 0.25) is 5.91 Å². The summed E-state index contributed by atoms with van der Waals surface area (Å²) in [5, 5.41) is 5.46. The Hall–Kier alpha value is -3.23. The first-order valence-corrected chi connectivity index (χ1v) is 11.3. The van der Waals surface area contributed by atoms with Crippen molar-refractivity contribution in [2.45, 2.75) is 53.1 Å². The molecule has 1 aliphatic rings. The third kappa shape index (κ3) is 6.63. The van der Waals surface area contributed by atoms with Gasteiger partial charge in [-0.15, -0.1) is 0 Å². The van der Waals surface area contributed by atoms with Crippen molar-refractivity contribution in [1.82, 2.24) is 25.5 Å². The maximum absolute atomic E-state index is 13.1. The minimum atomic E-state index is -0.569. The first-order valence-electron chi connectivity index (χ1n) is 11.3. The number of fused-ring (bicyclic) bond motifs is 1. The molecule has 0 radical (unpaired) electrons. The summed E-state index contributed by atoms with van der Waals surface area (Å²) in [6, 6.07) is 5.34. The number of hydrogen-bond acceptors (Lipinski definition) is 6. The first kappa shape index (κ1) is 24.4. The number of alkyl carbamates (subject to hydrolysis) is 1. The maximum Gasteiger partial charge on any atom is 0.407 e. The highest BCUT2D eigenvalue weighted by atomic mass is 16.6. The largest absolute Gasteiger partial charge is 0.444 e. The van der Waals surface area contributed by atoms with Crippen LogP contribution in [0.25, 0.3) is 11.0 Å². The number of benzene rings is 1. The molecule has 3 amide bonds. The van der Waals surface area contributed by atoms with Crippen LogP contribution in [0.3, 0.4) is 0 Å². The summed E-state index contributed by atoms with van der Waals surface area (Å²) in [7, 11) is 0. The molecule has 1 saturated heterocycles. The summed E-state index contributed by atoms with van der Waals surface area (Å²) in [4.78, 5) is 48.2. The Kier molecular flexibility index (Phi) is 7.50. The monoisotopic (exact) mass is 455 g/mol. The van der Waals surface area contributed by atoms with E-state index < -0.39 is 11.7 Å². The van der Waals surface area contributed by atoms with Crippen LogP contribution < -0.4 is 10.6 Å². The van der Waals surface area contributed by atoms with Crippen molar-refractivity contribution in [2.24, 2.45) is 5.92 Å². The van der Waals surface area contributed by atoms with Crippen LogP contribution in [-0.4, -0.2) is 64.6 Å². The van der Waals surface area contributed by atoms with Gasteiger partial charge < -0.3 is 20.3 Å².